The van der Waals surface area contributed by atoms with Crippen LogP contribution in [0, 0.1) is 50.2 Å². The number of allylic oxidation sites excluding steroid dienone is 2. The van der Waals surface area contributed by atoms with E-state index >= 15 is 4.79 Å². The first kappa shape index (κ1) is 85.0. The summed E-state index contributed by atoms with van der Waals surface area (Å²) in [6.07, 6.45) is -53.5. The first-order valence-corrected chi connectivity index (χ1v) is 37.7. The van der Waals surface area contributed by atoms with E-state index < -0.39 is 297 Å². The average molecular weight is 1570 g/mol. The molecule has 7 aliphatic heterocycles. The van der Waals surface area contributed by atoms with Crippen LogP contribution in [0.25, 0.3) is 0 Å². The molecule has 0 bridgehead atoms. The lowest BCUT2D eigenvalue weighted by molar-refractivity contribution is -0.391. The highest BCUT2D eigenvalue weighted by molar-refractivity contribution is 5.80. The molecule has 12 aliphatic rings. The number of methoxy groups -OCH3 is 1. The van der Waals surface area contributed by atoms with Crippen molar-refractivity contribution < 1.29 is 182 Å². The van der Waals surface area contributed by atoms with Crippen LogP contribution in [-0.2, 0) is 95.0 Å². The molecule has 7 heterocycles. The van der Waals surface area contributed by atoms with E-state index in [0.717, 1.165) is 18.8 Å². The fourth-order valence-electron chi connectivity index (χ4n) is 20.6. The van der Waals surface area contributed by atoms with Gasteiger partial charge in [-0.3, -0.25) is 9.59 Å². The molecule has 37 nitrogen and oxygen atoms in total. The molecule has 622 valence electrons. The zero-order valence-electron chi connectivity index (χ0n) is 62.5. The second kappa shape index (κ2) is 32.3. The Morgan fingerprint density at radius 2 is 1.04 bits per heavy atom. The molecule has 0 spiro atoms. The number of hydrogen-bond donors (Lipinski definition) is 17. The number of aliphatic hydroxyl groups excluding tert-OH is 16. The van der Waals surface area contributed by atoms with Crippen molar-refractivity contribution in [2.75, 3.05) is 33.5 Å². The number of aliphatic hydroxyl groups is 16. The number of carboxylic acid groups (broad SMARTS) is 1. The first-order valence-electron chi connectivity index (χ1n) is 37.7. The second-order valence-electron chi connectivity index (χ2n) is 33.9. The highest BCUT2D eigenvalue weighted by atomic mass is 16.8. The smallest absolute Gasteiger partial charge is 0.335 e. The maximum atomic E-state index is 16.3. The lowest BCUT2D eigenvalue weighted by Crippen LogP contribution is -2.69. The molecule has 17 N–H and O–H groups in total. The summed E-state index contributed by atoms with van der Waals surface area (Å²) in [4.78, 5) is 56.8. The van der Waals surface area contributed by atoms with Crippen LogP contribution < -0.4 is 0 Å². The third-order valence-corrected chi connectivity index (χ3v) is 27.0. The van der Waals surface area contributed by atoms with E-state index in [4.69, 9.17) is 75.8 Å². The lowest BCUT2D eigenvalue weighted by Gasteiger charge is -2.71. The quantitative estimate of drug-likeness (QED) is 0.0235. The molecule has 0 aromatic rings. The molecule has 11 fully saturated rings. The SMILES string of the molecule is COC1C(O)C(OC2C(OC(=O)C34CCC(C)(C)CC3C3=CCC5C6(C)CCC(OC7OC(C(=O)O)C(O)C(OC8OCC(O)C(O)C8O)C7OC7OC(CO)C(O)C(O)C7O)C(C)(C=O)C6CCC5(C)[C@]3(C)CC4O)OC(C)C(OC(C)=O)C2OC2OC(CO)C(O)C2O)OC(C)C1OC1OCC(O)C(O)C1O. The molecule has 4 saturated carbocycles. The van der Waals surface area contributed by atoms with Crippen LogP contribution in [0.3, 0.4) is 0 Å². The van der Waals surface area contributed by atoms with Gasteiger partial charge in [0.25, 0.3) is 0 Å². The number of carboxylic acids is 1. The fourth-order valence-corrected chi connectivity index (χ4v) is 20.6. The molecule has 12 rings (SSSR count). The largest absolute Gasteiger partial charge is 0.479 e. The Balaban J connectivity index is 0.849. The molecule has 41 unspecified atom stereocenters. The van der Waals surface area contributed by atoms with Gasteiger partial charge in [-0.05, 0) is 111 Å². The van der Waals surface area contributed by atoms with Crippen molar-refractivity contribution in [2.45, 2.75) is 329 Å². The zero-order valence-corrected chi connectivity index (χ0v) is 62.5. The Kier molecular flexibility index (Phi) is 25.2. The number of carbonyl (C=O) groups is 4. The first-order chi connectivity index (χ1) is 51.2. The summed E-state index contributed by atoms with van der Waals surface area (Å²) >= 11 is 0. The number of hydrogen-bond acceptors (Lipinski definition) is 36. The van der Waals surface area contributed by atoms with Crippen LogP contribution in [0.15, 0.2) is 11.6 Å². The normalized spacial score (nSPS) is 53.3. The van der Waals surface area contributed by atoms with Gasteiger partial charge in [0.15, 0.2) is 56.1 Å². The Morgan fingerprint density at radius 1 is 0.514 bits per heavy atom. The molecule has 0 amide bonds. The zero-order chi connectivity index (χ0) is 79.6. The van der Waals surface area contributed by atoms with Crippen molar-refractivity contribution in [1.29, 1.82) is 0 Å². The van der Waals surface area contributed by atoms with Crippen LogP contribution in [0.4, 0.5) is 0 Å². The summed E-state index contributed by atoms with van der Waals surface area (Å²) in [7, 11) is 1.23. The minimum Gasteiger partial charge on any atom is -0.479 e. The van der Waals surface area contributed by atoms with Crippen LogP contribution in [0.5, 0.6) is 0 Å². The minimum atomic E-state index is -2.23. The predicted molar refractivity (Wildman–Crippen MR) is 357 cm³/mol. The highest BCUT2D eigenvalue weighted by Gasteiger charge is 2.73. The van der Waals surface area contributed by atoms with E-state index in [1.54, 1.807) is 6.92 Å². The minimum absolute atomic E-state index is 0.00389. The van der Waals surface area contributed by atoms with E-state index in [1.165, 1.54) is 21.0 Å². The average Bonchev–Trinajstić information content (AvgIpc) is 1.03. The topological polar surface area (TPSA) is 560 Å². The van der Waals surface area contributed by atoms with Gasteiger partial charge in [0.1, 0.15) is 134 Å². The van der Waals surface area contributed by atoms with Gasteiger partial charge in [-0.15, -0.1) is 0 Å². The Morgan fingerprint density at radius 3 is 1.61 bits per heavy atom. The Bertz CT molecular complexity index is 3220. The number of fused-ring (bicyclic) bond motifs is 7. The Hall–Kier alpha value is -3.38. The van der Waals surface area contributed by atoms with Gasteiger partial charge in [-0.1, -0.05) is 53.2 Å². The number of ether oxygens (including phenoxy) is 16. The number of aldehydes is 1. The standard InChI is InChI=1S/C72H112O37/c1-26-50(103-59-44(85)39(80)31(77)23-95-59)52(94-10)49(90)63(97-26)108-57-55(106-61-46(87)42(83)34(22-74)101-61)51(99-28(3)76)27(2)98-64(57)109-66(93)72-18-17-67(4,5)19-30(72)29-11-12-36-68(6)15-14-38(69(7,25-75)35(68)13-16-70(36,8)71(29,9)20-37(72)79)102-65-56(107-62-47(88)43(84)41(82)33(21-73)100-62)53(48(89)54(105-65)58(91)92)104-60-45(86)40(81)32(78)24-96-60/h11,25-27,30-57,59-65,73-74,77-90H,12-24H2,1-10H3,(H,91,92)/t26?,27?,30?,31?,32?,33?,34?,35?,36?,37?,38?,39?,40?,41?,42?,43?,44?,45?,46?,47?,48?,49?,50?,51?,52?,53?,54?,55?,56?,57?,59?,60?,61?,62?,63?,64?,65?,68?,69?,70?,71-,72?/m1/s1. The number of esters is 2. The van der Waals surface area contributed by atoms with Gasteiger partial charge >= 0.3 is 17.9 Å². The van der Waals surface area contributed by atoms with Crippen molar-refractivity contribution in [3.05, 3.63) is 11.6 Å². The molecular formula is C72H112O37. The van der Waals surface area contributed by atoms with Crippen molar-refractivity contribution >= 4 is 24.2 Å². The molecule has 37 heteroatoms. The Labute approximate surface area is 628 Å². The predicted octanol–water partition coefficient (Wildman–Crippen LogP) is -5.12. The van der Waals surface area contributed by atoms with Crippen molar-refractivity contribution in [3.63, 3.8) is 0 Å². The van der Waals surface area contributed by atoms with Crippen molar-refractivity contribution in [2.24, 2.45) is 50.2 Å². The summed E-state index contributed by atoms with van der Waals surface area (Å²) in [5, 5.41) is 187. The maximum absolute atomic E-state index is 16.3. The van der Waals surface area contributed by atoms with Gasteiger partial charge in [0.05, 0.1) is 56.3 Å². The molecule has 109 heavy (non-hydrogen) atoms. The third-order valence-electron chi connectivity index (χ3n) is 27.0. The van der Waals surface area contributed by atoms with E-state index in [1.807, 2.05) is 0 Å². The highest BCUT2D eigenvalue weighted by Crippen LogP contribution is 2.76. The van der Waals surface area contributed by atoms with Crippen LogP contribution in [0.1, 0.15) is 120 Å². The van der Waals surface area contributed by atoms with Crippen LogP contribution >= 0.6 is 0 Å². The monoisotopic (exact) mass is 1570 g/mol. The number of carbonyl (C=O) groups excluding carboxylic acids is 3. The summed E-state index contributed by atoms with van der Waals surface area (Å²) in [6.45, 7) is 13.5. The van der Waals surface area contributed by atoms with Gasteiger partial charge in [0.2, 0.25) is 6.29 Å². The van der Waals surface area contributed by atoms with Crippen LogP contribution in [-0.4, -0.2) is 353 Å². The summed E-state index contributed by atoms with van der Waals surface area (Å²) in [6, 6.07) is 0. The van der Waals surface area contributed by atoms with Crippen LogP contribution in [0.2, 0.25) is 0 Å². The van der Waals surface area contributed by atoms with Gasteiger partial charge in [-0.25, -0.2) is 4.79 Å². The van der Waals surface area contributed by atoms with E-state index in [0.29, 0.717) is 38.5 Å². The third kappa shape index (κ3) is 14.8. The second-order valence-corrected chi connectivity index (χ2v) is 33.9. The number of aliphatic carboxylic acids is 1. The van der Waals surface area contributed by atoms with Gasteiger partial charge in [0, 0.05) is 14.0 Å². The molecule has 42 atom stereocenters. The molecule has 0 aromatic carbocycles. The molecule has 5 aliphatic carbocycles. The van der Waals surface area contributed by atoms with Gasteiger partial charge < -0.3 is 167 Å². The van der Waals surface area contributed by atoms with Crippen molar-refractivity contribution in [1.82, 2.24) is 0 Å². The summed E-state index contributed by atoms with van der Waals surface area (Å²) in [5.74, 6) is -5.05. The molecular weight excluding hydrogens is 1460 g/mol. The number of rotatable bonds is 20. The fraction of sp³-hybridized carbons (Fsp3) is 0.917. The summed E-state index contributed by atoms with van der Waals surface area (Å²) < 4.78 is 98.0. The summed E-state index contributed by atoms with van der Waals surface area (Å²) in [5.41, 5.74) is -5.09. The lowest BCUT2D eigenvalue weighted by atomic mass is 9.33. The van der Waals surface area contributed by atoms with Crippen molar-refractivity contribution in [3.8, 4) is 0 Å². The molecule has 0 aromatic heterocycles. The van der Waals surface area contributed by atoms with E-state index in [9.17, 15) is 101 Å². The van der Waals surface area contributed by atoms with E-state index in [2.05, 4.69) is 40.7 Å². The maximum Gasteiger partial charge on any atom is 0.335 e. The van der Waals surface area contributed by atoms with Gasteiger partial charge in [-0.2, -0.15) is 0 Å². The van der Waals surface area contributed by atoms with E-state index in [-0.39, 0.29) is 25.2 Å². The molecule has 0 radical (unpaired) electrons. The molecule has 7 saturated heterocycles.